The van der Waals surface area contributed by atoms with Gasteiger partial charge in [-0.05, 0) is 24.8 Å². The lowest BCUT2D eigenvalue weighted by molar-refractivity contribution is -0.149. The summed E-state index contributed by atoms with van der Waals surface area (Å²) >= 11 is 0. The first kappa shape index (κ1) is 15.5. The number of benzene rings is 1. The summed E-state index contributed by atoms with van der Waals surface area (Å²) in [5.41, 5.74) is 1.05. The van der Waals surface area contributed by atoms with E-state index in [4.69, 9.17) is 4.74 Å². The molecule has 0 N–H and O–H groups in total. The highest BCUT2D eigenvalue weighted by Crippen LogP contribution is 2.25. The van der Waals surface area contributed by atoms with Crippen molar-refractivity contribution in [3.63, 3.8) is 0 Å². The Kier molecular flexibility index (Phi) is 5.37. The zero-order chi connectivity index (χ0) is 15.2. The SMILES string of the molecule is CCC(C(=O)N1CCC[C@H](C(=O)OC)C1)c1ccccc1. The Morgan fingerprint density at radius 3 is 2.67 bits per heavy atom. The van der Waals surface area contributed by atoms with Crippen LogP contribution in [0.1, 0.15) is 37.7 Å². The molecule has 1 unspecified atom stereocenters. The van der Waals surface area contributed by atoms with Crippen molar-refractivity contribution in [2.75, 3.05) is 20.2 Å². The Hall–Kier alpha value is -1.84. The summed E-state index contributed by atoms with van der Waals surface area (Å²) in [6, 6.07) is 9.86. The minimum absolute atomic E-state index is 0.123. The van der Waals surface area contributed by atoms with Gasteiger partial charge in [0.2, 0.25) is 5.91 Å². The molecule has 0 aromatic heterocycles. The molecule has 1 aliphatic rings. The molecule has 114 valence electrons. The molecule has 1 aromatic rings. The van der Waals surface area contributed by atoms with Crippen molar-refractivity contribution >= 4 is 11.9 Å². The van der Waals surface area contributed by atoms with Crippen LogP contribution in [0.15, 0.2) is 30.3 Å². The van der Waals surface area contributed by atoms with Crippen LogP contribution in [0.25, 0.3) is 0 Å². The summed E-state index contributed by atoms with van der Waals surface area (Å²) in [7, 11) is 1.40. The normalized spacial score (nSPS) is 19.9. The van der Waals surface area contributed by atoms with Crippen LogP contribution < -0.4 is 0 Å². The van der Waals surface area contributed by atoms with Gasteiger partial charge in [0.25, 0.3) is 0 Å². The summed E-state index contributed by atoms with van der Waals surface area (Å²) in [6.07, 6.45) is 2.43. The predicted octanol–water partition coefficient (Wildman–Crippen LogP) is 2.59. The molecule has 0 aliphatic carbocycles. The Balaban J connectivity index is 2.09. The maximum absolute atomic E-state index is 12.8. The van der Waals surface area contributed by atoms with E-state index in [1.165, 1.54) is 7.11 Å². The van der Waals surface area contributed by atoms with Gasteiger partial charge in [0, 0.05) is 13.1 Å². The van der Waals surface area contributed by atoms with Crippen LogP contribution in [-0.4, -0.2) is 37.0 Å². The summed E-state index contributed by atoms with van der Waals surface area (Å²) in [6.45, 7) is 3.24. The van der Waals surface area contributed by atoms with E-state index in [-0.39, 0.29) is 23.7 Å². The van der Waals surface area contributed by atoms with Gasteiger partial charge in [0.05, 0.1) is 18.9 Å². The van der Waals surface area contributed by atoms with Crippen LogP contribution in [0.2, 0.25) is 0 Å². The molecule has 0 radical (unpaired) electrons. The van der Waals surface area contributed by atoms with Crippen LogP contribution in [0.4, 0.5) is 0 Å². The Bertz CT molecular complexity index is 486. The number of likely N-dealkylation sites (tertiary alicyclic amines) is 1. The van der Waals surface area contributed by atoms with Crippen molar-refractivity contribution in [3.8, 4) is 0 Å². The van der Waals surface area contributed by atoms with Crippen molar-refractivity contribution in [1.29, 1.82) is 0 Å². The van der Waals surface area contributed by atoms with E-state index < -0.39 is 0 Å². The third kappa shape index (κ3) is 3.63. The quantitative estimate of drug-likeness (QED) is 0.800. The molecule has 21 heavy (non-hydrogen) atoms. The van der Waals surface area contributed by atoms with Crippen LogP contribution >= 0.6 is 0 Å². The predicted molar refractivity (Wildman–Crippen MR) is 80.8 cm³/mol. The maximum atomic E-state index is 12.8. The molecule has 1 aliphatic heterocycles. The molecule has 4 heteroatoms. The van der Waals surface area contributed by atoms with E-state index in [9.17, 15) is 9.59 Å². The maximum Gasteiger partial charge on any atom is 0.310 e. The molecule has 1 fully saturated rings. The lowest BCUT2D eigenvalue weighted by Gasteiger charge is -2.33. The minimum Gasteiger partial charge on any atom is -0.469 e. The number of ether oxygens (including phenoxy) is 1. The van der Waals surface area contributed by atoms with Gasteiger partial charge in [-0.1, -0.05) is 37.3 Å². The molecule has 0 saturated carbocycles. The summed E-state index contributed by atoms with van der Waals surface area (Å²) in [4.78, 5) is 26.3. The van der Waals surface area contributed by atoms with Gasteiger partial charge >= 0.3 is 5.97 Å². The highest BCUT2D eigenvalue weighted by molar-refractivity contribution is 5.84. The number of amides is 1. The van der Waals surface area contributed by atoms with Gasteiger partial charge in [0.1, 0.15) is 0 Å². The fourth-order valence-corrected chi connectivity index (χ4v) is 3.00. The number of methoxy groups -OCH3 is 1. The van der Waals surface area contributed by atoms with Gasteiger partial charge in [-0.2, -0.15) is 0 Å². The monoisotopic (exact) mass is 289 g/mol. The molecule has 2 atom stereocenters. The zero-order valence-corrected chi connectivity index (χ0v) is 12.7. The van der Waals surface area contributed by atoms with E-state index in [1.54, 1.807) is 0 Å². The molecule has 0 spiro atoms. The van der Waals surface area contributed by atoms with Crippen LogP contribution in [0, 0.1) is 5.92 Å². The van der Waals surface area contributed by atoms with Gasteiger partial charge < -0.3 is 9.64 Å². The lowest BCUT2D eigenvalue weighted by Crippen LogP contribution is -2.44. The Labute approximate surface area is 126 Å². The number of carbonyl (C=O) groups excluding carboxylic acids is 2. The third-order valence-electron chi connectivity index (χ3n) is 4.18. The average Bonchev–Trinajstić information content (AvgIpc) is 2.55. The number of hydrogen-bond acceptors (Lipinski definition) is 3. The van der Waals surface area contributed by atoms with E-state index in [0.29, 0.717) is 6.54 Å². The molecule has 4 nitrogen and oxygen atoms in total. The van der Waals surface area contributed by atoms with Crippen LogP contribution in [0.5, 0.6) is 0 Å². The number of nitrogens with zero attached hydrogens (tertiary/aromatic N) is 1. The minimum atomic E-state index is -0.208. The van der Waals surface area contributed by atoms with E-state index in [0.717, 1.165) is 31.4 Å². The van der Waals surface area contributed by atoms with Gasteiger partial charge in [-0.25, -0.2) is 0 Å². The first-order valence-electron chi connectivity index (χ1n) is 7.59. The van der Waals surface area contributed by atoms with Gasteiger partial charge in [-0.15, -0.1) is 0 Å². The van der Waals surface area contributed by atoms with E-state index >= 15 is 0 Å². The number of rotatable bonds is 4. The fraction of sp³-hybridized carbons (Fsp3) is 0.529. The lowest BCUT2D eigenvalue weighted by atomic mass is 9.92. The van der Waals surface area contributed by atoms with Crippen LogP contribution in [0.3, 0.4) is 0 Å². The standard InChI is InChI=1S/C17H23NO3/c1-3-15(13-8-5-4-6-9-13)16(19)18-11-7-10-14(12-18)17(20)21-2/h4-6,8-9,14-15H,3,7,10-12H2,1-2H3/t14-,15?/m0/s1. The number of hydrogen-bond donors (Lipinski definition) is 0. The smallest absolute Gasteiger partial charge is 0.310 e. The molecular formula is C17H23NO3. The second-order valence-corrected chi connectivity index (χ2v) is 5.52. The molecule has 1 heterocycles. The van der Waals surface area contributed by atoms with Crippen molar-refractivity contribution in [3.05, 3.63) is 35.9 Å². The topological polar surface area (TPSA) is 46.6 Å². The largest absolute Gasteiger partial charge is 0.469 e. The van der Waals surface area contributed by atoms with Crippen molar-refractivity contribution in [2.24, 2.45) is 5.92 Å². The van der Waals surface area contributed by atoms with Gasteiger partial charge in [-0.3, -0.25) is 9.59 Å². The summed E-state index contributed by atoms with van der Waals surface area (Å²) in [5.74, 6) is -0.388. The first-order chi connectivity index (χ1) is 10.2. The van der Waals surface area contributed by atoms with Crippen molar-refractivity contribution < 1.29 is 14.3 Å². The molecule has 1 amide bonds. The first-order valence-corrected chi connectivity index (χ1v) is 7.59. The third-order valence-corrected chi connectivity index (χ3v) is 4.18. The Morgan fingerprint density at radius 2 is 2.05 bits per heavy atom. The number of piperidine rings is 1. The highest BCUT2D eigenvalue weighted by Gasteiger charge is 2.32. The van der Waals surface area contributed by atoms with Crippen LogP contribution in [-0.2, 0) is 14.3 Å². The average molecular weight is 289 g/mol. The molecule has 1 saturated heterocycles. The van der Waals surface area contributed by atoms with Gasteiger partial charge in [0.15, 0.2) is 0 Å². The summed E-state index contributed by atoms with van der Waals surface area (Å²) < 4.78 is 4.81. The highest BCUT2D eigenvalue weighted by atomic mass is 16.5. The summed E-state index contributed by atoms with van der Waals surface area (Å²) in [5, 5.41) is 0. The number of esters is 1. The molecule has 1 aromatic carbocycles. The van der Waals surface area contributed by atoms with Crippen molar-refractivity contribution in [1.82, 2.24) is 4.90 Å². The van der Waals surface area contributed by atoms with E-state index in [2.05, 4.69) is 0 Å². The second-order valence-electron chi connectivity index (χ2n) is 5.52. The molecular weight excluding hydrogens is 266 g/mol. The fourth-order valence-electron chi connectivity index (χ4n) is 3.00. The number of carbonyl (C=O) groups is 2. The second kappa shape index (κ2) is 7.25. The zero-order valence-electron chi connectivity index (χ0n) is 12.7. The Morgan fingerprint density at radius 1 is 1.33 bits per heavy atom. The van der Waals surface area contributed by atoms with E-state index in [1.807, 2.05) is 42.2 Å². The van der Waals surface area contributed by atoms with Crippen molar-refractivity contribution in [2.45, 2.75) is 32.1 Å². The molecule has 0 bridgehead atoms. The molecule has 2 rings (SSSR count).